The van der Waals surface area contributed by atoms with Gasteiger partial charge in [0.1, 0.15) is 6.61 Å². The monoisotopic (exact) mass is 244 g/mol. The lowest BCUT2D eigenvalue weighted by Crippen LogP contribution is -2.39. The molecule has 0 saturated carbocycles. The van der Waals surface area contributed by atoms with Gasteiger partial charge >= 0.3 is 0 Å². The second-order valence-electron chi connectivity index (χ2n) is 3.77. The van der Waals surface area contributed by atoms with Crippen molar-refractivity contribution in [2.24, 2.45) is 0 Å². The topological polar surface area (TPSA) is 75.3 Å². The lowest BCUT2D eigenvalue weighted by atomic mass is 10.1. The second kappa shape index (κ2) is 5.09. The predicted octanol–water partition coefficient (Wildman–Crippen LogP) is 0.935. The van der Waals surface area contributed by atoms with Crippen LogP contribution in [-0.2, 0) is 0 Å². The molecule has 1 aromatic carbocycles. The van der Waals surface area contributed by atoms with E-state index in [1.165, 1.54) is 18.2 Å². The van der Waals surface area contributed by atoms with Gasteiger partial charge < -0.3 is 16.2 Å². The fourth-order valence-electron chi connectivity index (χ4n) is 1.18. The minimum absolute atomic E-state index is 0.255. The predicted molar refractivity (Wildman–Crippen MR) is 60.0 cm³/mol. The van der Waals surface area contributed by atoms with Gasteiger partial charge in [-0.2, -0.15) is 0 Å². The van der Waals surface area contributed by atoms with Crippen LogP contribution in [0, 0.1) is 6.92 Å². The number of amides is 1. The largest absolute Gasteiger partial charge is 0.399 e. The first-order valence-corrected chi connectivity index (χ1v) is 4.99. The van der Waals surface area contributed by atoms with Crippen molar-refractivity contribution < 1.29 is 18.7 Å². The molecule has 6 heteroatoms. The fourth-order valence-corrected chi connectivity index (χ4v) is 1.18. The third-order valence-electron chi connectivity index (χ3n) is 2.27. The Bertz CT molecular complexity index is 422. The fraction of sp³-hybridized carbons (Fsp3) is 0.364. The van der Waals surface area contributed by atoms with Gasteiger partial charge in [0.05, 0.1) is 6.54 Å². The SMILES string of the molecule is Cc1cc(C(=O)NCC(F)(F)CO)ccc1N. The van der Waals surface area contributed by atoms with Crippen LogP contribution in [0.25, 0.3) is 0 Å². The van der Waals surface area contributed by atoms with E-state index in [0.29, 0.717) is 11.3 Å². The Labute approximate surface area is 97.4 Å². The van der Waals surface area contributed by atoms with Gasteiger partial charge in [0, 0.05) is 11.3 Å². The second-order valence-corrected chi connectivity index (χ2v) is 3.77. The van der Waals surface area contributed by atoms with Crippen LogP contribution in [0.3, 0.4) is 0 Å². The van der Waals surface area contributed by atoms with Crippen LogP contribution in [0.4, 0.5) is 14.5 Å². The van der Waals surface area contributed by atoms with Gasteiger partial charge in [-0.1, -0.05) is 0 Å². The number of carbonyl (C=O) groups excluding carboxylic acids is 1. The average molecular weight is 244 g/mol. The van der Waals surface area contributed by atoms with E-state index in [0.717, 1.165) is 0 Å². The van der Waals surface area contributed by atoms with Crippen LogP contribution in [0.1, 0.15) is 15.9 Å². The van der Waals surface area contributed by atoms with Crippen molar-refractivity contribution in [1.29, 1.82) is 0 Å². The molecule has 1 amide bonds. The maximum Gasteiger partial charge on any atom is 0.287 e. The molecule has 0 fully saturated rings. The van der Waals surface area contributed by atoms with Gasteiger partial charge in [0.25, 0.3) is 11.8 Å². The van der Waals surface area contributed by atoms with Crippen molar-refractivity contribution in [2.75, 3.05) is 18.9 Å². The maximum atomic E-state index is 12.7. The van der Waals surface area contributed by atoms with E-state index in [-0.39, 0.29) is 5.56 Å². The van der Waals surface area contributed by atoms with Crippen molar-refractivity contribution in [3.05, 3.63) is 29.3 Å². The number of nitrogen functional groups attached to an aromatic ring is 1. The zero-order valence-electron chi connectivity index (χ0n) is 9.34. The van der Waals surface area contributed by atoms with Crippen molar-refractivity contribution in [3.8, 4) is 0 Å². The third kappa shape index (κ3) is 3.67. The minimum Gasteiger partial charge on any atom is -0.399 e. The Kier molecular flexibility index (Phi) is 4.01. The van der Waals surface area contributed by atoms with Gasteiger partial charge in [0.2, 0.25) is 0 Å². The van der Waals surface area contributed by atoms with E-state index in [9.17, 15) is 13.6 Å². The zero-order valence-corrected chi connectivity index (χ0v) is 9.34. The van der Waals surface area contributed by atoms with E-state index < -0.39 is 25.0 Å². The third-order valence-corrected chi connectivity index (χ3v) is 2.27. The van der Waals surface area contributed by atoms with Crippen molar-refractivity contribution in [2.45, 2.75) is 12.8 Å². The van der Waals surface area contributed by atoms with Crippen LogP contribution in [-0.4, -0.2) is 30.1 Å². The van der Waals surface area contributed by atoms with E-state index in [2.05, 4.69) is 0 Å². The normalized spacial score (nSPS) is 11.3. The quantitative estimate of drug-likeness (QED) is 0.690. The molecule has 0 unspecified atom stereocenters. The smallest absolute Gasteiger partial charge is 0.287 e. The van der Waals surface area contributed by atoms with Crippen LogP contribution >= 0.6 is 0 Å². The van der Waals surface area contributed by atoms with Crippen LogP contribution in [0.5, 0.6) is 0 Å². The molecule has 0 spiro atoms. The average Bonchev–Trinajstić information content (AvgIpc) is 2.30. The van der Waals surface area contributed by atoms with Crippen LogP contribution < -0.4 is 11.1 Å². The van der Waals surface area contributed by atoms with Crippen LogP contribution in [0.15, 0.2) is 18.2 Å². The molecular weight excluding hydrogens is 230 g/mol. The van der Waals surface area contributed by atoms with Gasteiger partial charge in [-0.25, -0.2) is 8.78 Å². The number of aryl methyl sites for hydroxylation is 1. The molecule has 0 radical (unpaired) electrons. The van der Waals surface area contributed by atoms with E-state index in [1.807, 2.05) is 5.32 Å². The van der Waals surface area contributed by atoms with Crippen molar-refractivity contribution in [3.63, 3.8) is 0 Å². The molecule has 0 aliphatic heterocycles. The Morgan fingerprint density at radius 1 is 1.53 bits per heavy atom. The molecule has 1 rings (SSSR count). The van der Waals surface area contributed by atoms with E-state index >= 15 is 0 Å². The number of alkyl halides is 2. The number of hydrogen-bond acceptors (Lipinski definition) is 3. The molecule has 0 aliphatic rings. The molecule has 0 saturated heterocycles. The number of rotatable bonds is 4. The highest BCUT2D eigenvalue weighted by Gasteiger charge is 2.28. The molecule has 0 bridgehead atoms. The summed E-state index contributed by atoms with van der Waals surface area (Å²) in [5, 5.41) is 10.4. The lowest BCUT2D eigenvalue weighted by molar-refractivity contribution is -0.0462. The molecule has 0 aliphatic carbocycles. The highest BCUT2D eigenvalue weighted by Crippen LogP contribution is 2.14. The summed E-state index contributed by atoms with van der Waals surface area (Å²) in [6.45, 7) is -0.478. The van der Waals surface area contributed by atoms with E-state index in [4.69, 9.17) is 10.8 Å². The first-order valence-electron chi connectivity index (χ1n) is 4.99. The summed E-state index contributed by atoms with van der Waals surface area (Å²) in [6.07, 6.45) is 0. The minimum atomic E-state index is -3.31. The van der Waals surface area contributed by atoms with Crippen molar-refractivity contribution in [1.82, 2.24) is 5.32 Å². The first kappa shape index (κ1) is 13.4. The number of aliphatic hydroxyl groups is 1. The van der Waals surface area contributed by atoms with Gasteiger partial charge in [-0.3, -0.25) is 4.79 Å². The molecule has 0 heterocycles. The number of nitrogens with one attached hydrogen (secondary N) is 1. The van der Waals surface area contributed by atoms with Crippen LogP contribution in [0.2, 0.25) is 0 Å². The zero-order chi connectivity index (χ0) is 13.1. The Hall–Kier alpha value is -1.69. The molecule has 1 aromatic rings. The molecule has 4 nitrogen and oxygen atoms in total. The number of anilines is 1. The Balaban J connectivity index is 2.68. The Morgan fingerprint density at radius 3 is 2.71 bits per heavy atom. The highest BCUT2D eigenvalue weighted by atomic mass is 19.3. The van der Waals surface area contributed by atoms with Gasteiger partial charge in [0.15, 0.2) is 0 Å². The molecule has 0 aromatic heterocycles. The lowest BCUT2D eigenvalue weighted by Gasteiger charge is -2.14. The number of aliphatic hydroxyl groups excluding tert-OH is 1. The number of carbonyl (C=O) groups is 1. The van der Waals surface area contributed by atoms with Crippen molar-refractivity contribution >= 4 is 11.6 Å². The molecule has 4 N–H and O–H groups in total. The Morgan fingerprint density at radius 2 is 2.18 bits per heavy atom. The molecule has 17 heavy (non-hydrogen) atoms. The summed E-state index contributed by atoms with van der Waals surface area (Å²) in [5.74, 6) is -3.93. The maximum absolute atomic E-state index is 12.7. The molecule has 0 atom stereocenters. The van der Waals surface area contributed by atoms with Gasteiger partial charge in [-0.05, 0) is 30.7 Å². The highest BCUT2D eigenvalue weighted by molar-refractivity contribution is 5.94. The van der Waals surface area contributed by atoms with Gasteiger partial charge in [-0.15, -0.1) is 0 Å². The number of nitrogens with two attached hydrogens (primary N) is 1. The summed E-state index contributed by atoms with van der Waals surface area (Å²) < 4.78 is 25.4. The number of hydrogen-bond donors (Lipinski definition) is 3. The molecule has 94 valence electrons. The summed E-state index contributed by atoms with van der Waals surface area (Å²) in [7, 11) is 0. The molecular formula is C11H14F2N2O2. The van der Waals surface area contributed by atoms with E-state index in [1.54, 1.807) is 6.92 Å². The standard InChI is InChI=1S/C11H14F2N2O2/c1-7-4-8(2-3-9(7)14)10(17)15-5-11(12,13)6-16/h2-4,16H,5-6,14H2,1H3,(H,15,17). The first-order chi connectivity index (χ1) is 7.85. The summed E-state index contributed by atoms with van der Waals surface area (Å²) in [4.78, 5) is 11.5. The summed E-state index contributed by atoms with van der Waals surface area (Å²) in [6, 6.07) is 4.50. The summed E-state index contributed by atoms with van der Waals surface area (Å²) >= 11 is 0. The number of halogens is 2. The summed E-state index contributed by atoms with van der Waals surface area (Å²) in [5.41, 5.74) is 7.05. The number of benzene rings is 1.